The maximum absolute atomic E-state index is 12.9. The predicted molar refractivity (Wildman–Crippen MR) is 97.8 cm³/mol. The van der Waals surface area contributed by atoms with Crippen molar-refractivity contribution < 1.29 is 23.7 Å². The van der Waals surface area contributed by atoms with Crippen LogP contribution < -0.4 is 0 Å². The molecule has 0 aliphatic carbocycles. The van der Waals surface area contributed by atoms with E-state index >= 15 is 0 Å². The summed E-state index contributed by atoms with van der Waals surface area (Å²) in [5.41, 5.74) is -0.0489. The normalized spacial score (nSPS) is 13.6. The topological polar surface area (TPSA) is 99.7 Å². The number of ketones is 1. The summed E-state index contributed by atoms with van der Waals surface area (Å²) >= 11 is 0. The largest absolute Gasteiger partial charge is 0.469 e. The van der Waals surface area contributed by atoms with Crippen molar-refractivity contribution in [1.82, 2.24) is 0 Å². The number of nitro groups is 1. The molecule has 0 amide bonds. The maximum Gasteiger partial charge on any atom is 0.375 e. The average molecular weight is 373 g/mol. The van der Waals surface area contributed by atoms with Gasteiger partial charge in [0.25, 0.3) is 0 Å². The van der Waals surface area contributed by atoms with Crippen LogP contribution in [0.3, 0.4) is 0 Å². The standard InChI is InChI=1S/C20H23NO6/c1-20(2,3)27-19(23)18(22)15(12-14-8-5-4-6-9-14)16(13-21(24)25)17-10-7-11-26-17/h4-11,15-16H,12-13H2,1-3H3/t15-,16-/m0/s1. The molecule has 0 aliphatic rings. The number of hydrogen-bond acceptors (Lipinski definition) is 6. The Labute approximate surface area is 157 Å². The van der Waals surface area contributed by atoms with Gasteiger partial charge in [-0.1, -0.05) is 30.3 Å². The third-order valence-electron chi connectivity index (χ3n) is 3.98. The number of furan rings is 1. The molecule has 2 aromatic rings. The minimum atomic E-state index is -0.997. The van der Waals surface area contributed by atoms with Crippen molar-refractivity contribution in [3.8, 4) is 0 Å². The van der Waals surface area contributed by atoms with Gasteiger partial charge >= 0.3 is 5.97 Å². The summed E-state index contributed by atoms with van der Waals surface area (Å²) in [6, 6.07) is 12.2. The summed E-state index contributed by atoms with van der Waals surface area (Å²) in [6.07, 6.45) is 1.55. The quantitative estimate of drug-likeness (QED) is 0.304. The van der Waals surface area contributed by atoms with Crippen LogP contribution in [0.5, 0.6) is 0 Å². The molecular weight excluding hydrogens is 350 g/mol. The van der Waals surface area contributed by atoms with Crippen LogP contribution in [0, 0.1) is 16.0 Å². The van der Waals surface area contributed by atoms with Gasteiger partial charge in [0.2, 0.25) is 12.3 Å². The van der Waals surface area contributed by atoms with Gasteiger partial charge in [0.05, 0.1) is 12.2 Å². The monoisotopic (exact) mass is 373 g/mol. The van der Waals surface area contributed by atoms with E-state index in [1.165, 1.54) is 6.26 Å². The van der Waals surface area contributed by atoms with Crippen molar-refractivity contribution in [1.29, 1.82) is 0 Å². The molecular formula is C20H23NO6. The smallest absolute Gasteiger partial charge is 0.375 e. The molecule has 0 radical (unpaired) electrons. The zero-order valence-corrected chi connectivity index (χ0v) is 15.6. The van der Waals surface area contributed by atoms with E-state index < -0.39 is 40.7 Å². The van der Waals surface area contributed by atoms with Crippen molar-refractivity contribution in [2.75, 3.05) is 6.54 Å². The number of rotatable bonds is 8. The first-order valence-corrected chi connectivity index (χ1v) is 8.63. The Bertz CT molecular complexity index is 777. The molecule has 0 saturated carbocycles. The Morgan fingerprint density at radius 3 is 2.33 bits per heavy atom. The Hall–Kier alpha value is -2.96. The van der Waals surface area contributed by atoms with Gasteiger partial charge < -0.3 is 9.15 Å². The number of carbonyl (C=O) groups excluding carboxylic acids is 2. The first-order valence-electron chi connectivity index (χ1n) is 8.63. The van der Waals surface area contributed by atoms with E-state index in [1.807, 2.05) is 6.07 Å². The number of hydrogen-bond donors (Lipinski definition) is 0. The second-order valence-corrected chi connectivity index (χ2v) is 7.30. The second-order valence-electron chi connectivity index (χ2n) is 7.30. The van der Waals surface area contributed by atoms with E-state index in [0.717, 1.165) is 5.56 Å². The third-order valence-corrected chi connectivity index (χ3v) is 3.98. The van der Waals surface area contributed by atoms with E-state index in [2.05, 4.69) is 0 Å². The molecule has 0 saturated heterocycles. The highest BCUT2D eigenvalue weighted by atomic mass is 16.6. The summed E-state index contributed by atoms with van der Waals surface area (Å²) in [7, 11) is 0. The molecule has 144 valence electrons. The van der Waals surface area contributed by atoms with Gasteiger partial charge in [0, 0.05) is 10.8 Å². The lowest BCUT2D eigenvalue weighted by Gasteiger charge is -2.24. The van der Waals surface area contributed by atoms with Gasteiger partial charge in [0.1, 0.15) is 11.4 Å². The molecule has 27 heavy (non-hydrogen) atoms. The minimum Gasteiger partial charge on any atom is -0.469 e. The summed E-state index contributed by atoms with van der Waals surface area (Å²) in [5, 5.41) is 11.2. The Morgan fingerprint density at radius 2 is 1.81 bits per heavy atom. The molecule has 0 bridgehead atoms. The van der Waals surface area contributed by atoms with E-state index in [0.29, 0.717) is 5.76 Å². The van der Waals surface area contributed by atoms with Crippen LogP contribution in [0.2, 0.25) is 0 Å². The van der Waals surface area contributed by atoms with Gasteiger partial charge in [0.15, 0.2) is 0 Å². The van der Waals surface area contributed by atoms with Crippen molar-refractivity contribution in [2.24, 2.45) is 5.92 Å². The summed E-state index contributed by atoms with van der Waals surface area (Å²) < 4.78 is 10.5. The van der Waals surface area contributed by atoms with E-state index in [-0.39, 0.29) is 6.42 Å². The molecule has 1 heterocycles. The van der Waals surface area contributed by atoms with Crippen molar-refractivity contribution in [2.45, 2.75) is 38.7 Å². The van der Waals surface area contributed by atoms with Gasteiger partial charge in [-0.3, -0.25) is 14.9 Å². The average Bonchev–Trinajstić information content (AvgIpc) is 3.11. The van der Waals surface area contributed by atoms with Crippen LogP contribution >= 0.6 is 0 Å². The summed E-state index contributed by atoms with van der Waals surface area (Å²) in [6.45, 7) is 4.45. The highest BCUT2D eigenvalue weighted by Gasteiger charge is 2.40. The fraction of sp³-hybridized carbons (Fsp3) is 0.400. The fourth-order valence-electron chi connectivity index (χ4n) is 2.84. The Balaban J connectivity index is 2.39. The number of esters is 1. The van der Waals surface area contributed by atoms with Crippen LogP contribution in [0.1, 0.15) is 38.0 Å². The van der Waals surface area contributed by atoms with Gasteiger partial charge in [-0.25, -0.2) is 4.79 Å². The molecule has 0 spiro atoms. The molecule has 7 nitrogen and oxygen atoms in total. The van der Waals surface area contributed by atoms with Gasteiger partial charge in [-0.05, 0) is 44.9 Å². The van der Waals surface area contributed by atoms with Crippen LogP contribution in [0.15, 0.2) is 53.1 Å². The van der Waals surface area contributed by atoms with Crippen molar-refractivity contribution in [3.63, 3.8) is 0 Å². The van der Waals surface area contributed by atoms with E-state index in [1.54, 1.807) is 57.2 Å². The number of nitrogens with zero attached hydrogens (tertiary/aromatic N) is 1. The molecule has 1 aromatic carbocycles. The van der Waals surface area contributed by atoms with Crippen LogP contribution in [0.25, 0.3) is 0 Å². The zero-order valence-electron chi connectivity index (χ0n) is 15.6. The van der Waals surface area contributed by atoms with Crippen LogP contribution in [-0.4, -0.2) is 28.8 Å². The molecule has 7 heteroatoms. The zero-order chi connectivity index (χ0) is 20.0. The number of Topliss-reactive ketones (excluding diaryl/α,β-unsaturated/α-hetero) is 1. The highest BCUT2D eigenvalue weighted by molar-refractivity contribution is 6.34. The SMILES string of the molecule is CC(C)(C)OC(=O)C(=O)[C@@H](Cc1ccccc1)[C@H](C[N+](=O)[O-])c1ccco1. The van der Waals surface area contributed by atoms with Crippen molar-refractivity contribution in [3.05, 3.63) is 70.2 Å². The van der Waals surface area contributed by atoms with Gasteiger partial charge in [-0.15, -0.1) is 0 Å². The first-order chi connectivity index (χ1) is 12.7. The van der Waals surface area contributed by atoms with Gasteiger partial charge in [-0.2, -0.15) is 0 Å². The fourth-order valence-corrected chi connectivity index (χ4v) is 2.84. The molecule has 0 unspecified atom stereocenters. The molecule has 2 rings (SSSR count). The number of benzene rings is 1. The second kappa shape index (κ2) is 8.62. The lowest BCUT2D eigenvalue weighted by Crippen LogP contribution is -2.37. The highest BCUT2D eigenvalue weighted by Crippen LogP contribution is 2.30. The predicted octanol–water partition coefficient (Wildman–Crippen LogP) is 3.41. The Morgan fingerprint density at radius 1 is 1.15 bits per heavy atom. The third kappa shape index (κ3) is 6.06. The van der Waals surface area contributed by atoms with Crippen molar-refractivity contribution >= 4 is 11.8 Å². The number of ether oxygens (including phenoxy) is 1. The van der Waals surface area contributed by atoms with Crippen LogP contribution in [-0.2, 0) is 20.7 Å². The molecule has 1 aromatic heterocycles. The minimum absolute atomic E-state index is 0.165. The lowest BCUT2D eigenvalue weighted by atomic mass is 9.82. The first kappa shape index (κ1) is 20.4. The number of carbonyl (C=O) groups is 2. The van der Waals surface area contributed by atoms with Crippen LogP contribution in [0.4, 0.5) is 0 Å². The maximum atomic E-state index is 12.9. The Kier molecular flexibility index (Phi) is 6.50. The molecule has 0 aliphatic heterocycles. The molecule has 0 fully saturated rings. The summed E-state index contributed by atoms with van der Waals surface area (Å²) in [5.74, 6) is -3.35. The van der Waals surface area contributed by atoms with E-state index in [4.69, 9.17) is 9.15 Å². The molecule has 0 N–H and O–H groups in total. The summed E-state index contributed by atoms with van der Waals surface area (Å²) in [4.78, 5) is 36.0. The molecule has 2 atom stereocenters. The van der Waals surface area contributed by atoms with E-state index in [9.17, 15) is 19.7 Å². The lowest BCUT2D eigenvalue weighted by molar-refractivity contribution is -0.484.